The van der Waals surface area contributed by atoms with Crippen molar-refractivity contribution in [3.05, 3.63) is 40.6 Å². The second-order valence-electron chi connectivity index (χ2n) is 5.32. The Morgan fingerprint density at radius 2 is 2.40 bits per heavy atom. The molecule has 0 aliphatic heterocycles. The lowest BCUT2D eigenvalue weighted by atomic mass is 10.1. The first-order valence-corrected chi connectivity index (χ1v) is 9.26. The van der Waals surface area contributed by atoms with Gasteiger partial charge in [-0.1, -0.05) is 12.5 Å². The number of hydrogen-bond acceptors (Lipinski definition) is 4. The maximum atomic E-state index is 4.57. The molecular formula is C15H21N3S2. The largest absolute Gasteiger partial charge is 0.336 e. The normalized spacial score (nSPS) is 24.1. The Labute approximate surface area is 128 Å². The number of aromatic nitrogens is 2. The summed E-state index contributed by atoms with van der Waals surface area (Å²) >= 11 is 3.80. The molecule has 20 heavy (non-hydrogen) atoms. The maximum absolute atomic E-state index is 4.57. The van der Waals surface area contributed by atoms with Gasteiger partial charge >= 0.3 is 0 Å². The fourth-order valence-corrected chi connectivity index (χ4v) is 4.73. The first-order chi connectivity index (χ1) is 9.79. The molecule has 1 aliphatic carbocycles. The molecule has 1 aliphatic rings. The number of rotatable bonds is 5. The zero-order valence-corrected chi connectivity index (χ0v) is 13.6. The highest BCUT2D eigenvalue weighted by atomic mass is 32.2. The van der Waals surface area contributed by atoms with Crippen LogP contribution in [0.4, 0.5) is 0 Å². The van der Waals surface area contributed by atoms with Crippen LogP contribution in [0.2, 0.25) is 0 Å². The molecule has 3 unspecified atom stereocenters. The van der Waals surface area contributed by atoms with E-state index in [1.165, 1.54) is 24.1 Å². The standard InChI is InChI=1S/C15H21N3S2/c1-18-9-8-16-15(18)14(13-7-4-10-20-13)17-11-5-3-6-12(11)19-2/h4,7-12,14,17H,3,5-6H2,1-2H3. The summed E-state index contributed by atoms with van der Waals surface area (Å²) in [5, 5.41) is 6.75. The number of nitrogens with zero attached hydrogens (tertiary/aromatic N) is 2. The number of thiophene rings is 1. The Morgan fingerprint density at radius 1 is 1.50 bits per heavy atom. The van der Waals surface area contributed by atoms with Crippen LogP contribution in [0, 0.1) is 0 Å². The van der Waals surface area contributed by atoms with Crippen molar-refractivity contribution in [1.29, 1.82) is 0 Å². The number of hydrogen-bond donors (Lipinski definition) is 1. The van der Waals surface area contributed by atoms with Gasteiger partial charge in [0.2, 0.25) is 0 Å². The van der Waals surface area contributed by atoms with Crippen molar-refractivity contribution in [3.8, 4) is 0 Å². The van der Waals surface area contributed by atoms with Crippen LogP contribution in [-0.2, 0) is 7.05 Å². The van der Waals surface area contributed by atoms with Crippen molar-refractivity contribution in [2.75, 3.05) is 6.26 Å². The Morgan fingerprint density at radius 3 is 3.05 bits per heavy atom. The Hall–Kier alpha value is -0.780. The molecule has 2 heterocycles. The molecule has 5 heteroatoms. The van der Waals surface area contributed by atoms with Crippen molar-refractivity contribution >= 4 is 23.1 Å². The first-order valence-electron chi connectivity index (χ1n) is 7.09. The van der Waals surface area contributed by atoms with Crippen LogP contribution in [0.5, 0.6) is 0 Å². The van der Waals surface area contributed by atoms with Crippen LogP contribution in [0.15, 0.2) is 29.9 Å². The van der Waals surface area contributed by atoms with Gasteiger partial charge in [-0.3, -0.25) is 5.32 Å². The van der Waals surface area contributed by atoms with Crippen molar-refractivity contribution in [2.45, 2.75) is 36.6 Å². The number of imidazole rings is 1. The number of aryl methyl sites for hydroxylation is 1. The van der Waals surface area contributed by atoms with E-state index in [9.17, 15) is 0 Å². The van der Waals surface area contributed by atoms with Gasteiger partial charge in [0.1, 0.15) is 11.9 Å². The van der Waals surface area contributed by atoms with E-state index >= 15 is 0 Å². The summed E-state index contributed by atoms with van der Waals surface area (Å²) in [5.41, 5.74) is 0. The van der Waals surface area contributed by atoms with Gasteiger partial charge in [0.25, 0.3) is 0 Å². The third-order valence-corrected chi connectivity index (χ3v) is 6.19. The first kappa shape index (κ1) is 14.2. The summed E-state index contributed by atoms with van der Waals surface area (Å²) in [7, 11) is 2.07. The molecule has 1 saturated carbocycles. The van der Waals surface area contributed by atoms with Gasteiger partial charge in [-0.05, 0) is 30.5 Å². The lowest BCUT2D eigenvalue weighted by Gasteiger charge is -2.25. The SMILES string of the molecule is CSC1CCCC1NC(c1cccs1)c1nccn1C. The predicted octanol–water partition coefficient (Wildman–Crippen LogP) is 3.44. The Bertz CT molecular complexity index is 535. The highest BCUT2D eigenvalue weighted by Gasteiger charge is 2.30. The monoisotopic (exact) mass is 307 g/mol. The summed E-state index contributed by atoms with van der Waals surface area (Å²) in [6.45, 7) is 0. The zero-order valence-electron chi connectivity index (χ0n) is 12.0. The molecule has 0 radical (unpaired) electrons. The summed E-state index contributed by atoms with van der Waals surface area (Å²) in [6, 6.07) is 5.14. The van der Waals surface area contributed by atoms with E-state index in [0.717, 1.165) is 11.1 Å². The van der Waals surface area contributed by atoms with E-state index in [-0.39, 0.29) is 6.04 Å². The van der Waals surface area contributed by atoms with Gasteiger partial charge in [0.15, 0.2) is 0 Å². The van der Waals surface area contributed by atoms with Gasteiger partial charge in [0, 0.05) is 35.6 Å². The van der Waals surface area contributed by atoms with Gasteiger partial charge in [-0.15, -0.1) is 11.3 Å². The lowest BCUT2D eigenvalue weighted by molar-refractivity contribution is 0.468. The van der Waals surface area contributed by atoms with Crippen molar-refractivity contribution in [2.24, 2.45) is 7.05 Å². The van der Waals surface area contributed by atoms with Crippen LogP contribution < -0.4 is 5.32 Å². The minimum atomic E-state index is 0.216. The van der Waals surface area contributed by atoms with E-state index in [1.54, 1.807) is 0 Å². The minimum absolute atomic E-state index is 0.216. The van der Waals surface area contributed by atoms with Crippen LogP contribution in [0.1, 0.15) is 36.0 Å². The van der Waals surface area contributed by atoms with E-state index in [2.05, 4.69) is 45.7 Å². The quantitative estimate of drug-likeness (QED) is 0.917. The number of thioether (sulfide) groups is 1. The van der Waals surface area contributed by atoms with Crippen molar-refractivity contribution in [1.82, 2.24) is 14.9 Å². The predicted molar refractivity (Wildman–Crippen MR) is 87.4 cm³/mol. The average molecular weight is 307 g/mol. The second kappa shape index (κ2) is 6.33. The molecule has 2 aromatic heterocycles. The molecule has 0 amide bonds. The van der Waals surface area contributed by atoms with E-state index in [4.69, 9.17) is 0 Å². The molecule has 3 nitrogen and oxygen atoms in total. The van der Waals surface area contributed by atoms with E-state index in [0.29, 0.717) is 6.04 Å². The molecule has 3 rings (SSSR count). The van der Waals surface area contributed by atoms with Crippen LogP contribution in [0.3, 0.4) is 0 Å². The van der Waals surface area contributed by atoms with Crippen LogP contribution in [-0.4, -0.2) is 27.1 Å². The third kappa shape index (κ3) is 2.80. The molecule has 0 saturated heterocycles. The molecule has 0 bridgehead atoms. The highest BCUT2D eigenvalue weighted by Crippen LogP contribution is 2.32. The molecule has 0 aromatic carbocycles. The molecular weight excluding hydrogens is 286 g/mol. The topological polar surface area (TPSA) is 29.9 Å². The average Bonchev–Trinajstić information content (AvgIpc) is 3.17. The zero-order chi connectivity index (χ0) is 13.9. The Balaban J connectivity index is 1.85. The maximum Gasteiger partial charge on any atom is 0.131 e. The van der Waals surface area contributed by atoms with Crippen LogP contribution in [0.25, 0.3) is 0 Å². The van der Waals surface area contributed by atoms with Gasteiger partial charge in [-0.2, -0.15) is 11.8 Å². The van der Waals surface area contributed by atoms with E-state index < -0.39 is 0 Å². The molecule has 0 spiro atoms. The van der Waals surface area contributed by atoms with E-state index in [1.807, 2.05) is 35.5 Å². The lowest BCUT2D eigenvalue weighted by Crippen LogP contribution is -2.38. The fraction of sp³-hybridized carbons (Fsp3) is 0.533. The van der Waals surface area contributed by atoms with Crippen molar-refractivity contribution in [3.63, 3.8) is 0 Å². The fourth-order valence-electron chi connectivity index (χ4n) is 3.01. The summed E-state index contributed by atoms with van der Waals surface area (Å²) < 4.78 is 2.13. The molecule has 2 aromatic rings. The third-order valence-electron chi connectivity index (χ3n) is 4.08. The summed E-state index contributed by atoms with van der Waals surface area (Å²) in [4.78, 5) is 5.92. The van der Waals surface area contributed by atoms with Gasteiger partial charge in [0.05, 0.1) is 0 Å². The summed E-state index contributed by atoms with van der Waals surface area (Å²) in [5.74, 6) is 1.11. The molecule has 108 valence electrons. The molecule has 3 atom stereocenters. The highest BCUT2D eigenvalue weighted by molar-refractivity contribution is 7.99. The number of nitrogens with one attached hydrogen (secondary N) is 1. The smallest absolute Gasteiger partial charge is 0.131 e. The Kier molecular flexibility index (Phi) is 4.48. The second-order valence-corrected chi connectivity index (χ2v) is 7.38. The summed E-state index contributed by atoms with van der Waals surface area (Å²) in [6.07, 6.45) is 10.1. The molecule has 1 N–H and O–H groups in total. The van der Waals surface area contributed by atoms with Gasteiger partial charge in [-0.25, -0.2) is 4.98 Å². The molecule has 1 fully saturated rings. The van der Waals surface area contributed by atoms with Crippen LogP contribution >= 0.6 is 23.1 Å². The minimum Gasteiger partial charge on any atom is -0.336 e. The van der Waals surface area contributed by atoms with Crippen molar-refractivity contribution < 1.29 is 0 Å². The van der Waals surface area contributed by atoms with Gasteiger partial charge < -0.3 is 4.57 Å².